The summed E-state index contributed by atoms with van der Waals surface area (Å²) in [4.78, 5) is 0. The van der Waals surface area contributed by atoms with E-state index in [9.17, 15) is 8.78 Å². The van der Waals surface area contributed by atoms with Crippen LogP contribution in [0.15, 0.2) is 5.38 Å². The number of alkyl halides is 2. The van der Waals surface area contributed by atoms with Crippen molar-refractivity contribution >= 4 is 11.5 Å². The number of nitrogens with two attached hydrogens (primary N) is 1. The highest BCUT2D eigenvalue weighted by molar-refractivity contribution is 7.03. The number of rotatable bonds is 2. The van der Waals surface area contributed by atoms with E-state index in [0.717, 1.165) is 11.5 Å². The van der Waals surface area contributed by atoms with Gasteiger partial charge < -0.3 is 5.73 Å². The van der Waals surface area contributed by atoms with E-state index in [1.807, 2.05) is 0 Å². The summed E-state index contributed by atoms with van der Waals surface area (Å²) in [6.07, 6.45) is -2.57. The largest absolute Gasteiger partial charge is 0.318 e. The fourth-order valence-electron chi connectivity index (χ4n) is 0.446. The van der Waals surface area contributed by atoms with Crippen LogP contribution in [0.2, 0.25) is 0 Å². The van der Waals surface area contributed by atoms with Crippen LogP contribution in [0.5, 0.6) is 0 Å². The first-order valence-corrected chi connectivity index (χ1v) is 3.36. The Morgan fingerprint density at radius 3 is 2.70 bits per heavy atom. The third-order valence-corrected chi connectivity index (χ3v) is 1.51. The summed E-state index contributed by atoms with van der Waals surface area (Å²) in [5, 5.41) is 4.81. The highest BCUT2D eigenvalue weighted by Gasteiger charge is 2.19. The second-order valence-electron chi connectivity index (χ2n) is 1.69. The van der Waals surface area contributed by atoms with Crippen LogP contribution in [0.1, 0.15) is 11.7 Å². The summed E-state index contributed by atoms with van der Waals surface area (Å²) in [5.74, 6) is 0. The van der Waals surface area contributed by atoms with Crippen LogP contribution in [0, 0.1) is 0 Å². The minimum Gasteiger partial charge on any atom is -0.318 e. The van der Waals surface area contributed by atoms with Crippen molar-refractivity contribution in [2.45, 2.75) is 12.5 Å². The highest BCUT2D eigenvalue weighted by atomic mass is 32.1. The normalized spacial score (nSPS) is 14.0. The molecule has 0 fully saturated rings. The molecule has 1 heterocycles. The van der Waals surface area contributed by atoms with Gasteiger partial charge in [-0.05, 0) is 11.5 Å². The summed E-state index contributed by atoms with van der Waals surface area (Å²) in [6.45, 7) is 0. The number of hydrogen-bond donors (Lipinski definition) is 1. The topological polar surface area (TPSA) is 51.8 Å². The van der Waals surface area contributed by atoms with Crippen LogP contribution in [-0.4, -0.2) is 16.0 Å². The maximum Gasteiger partial charge on any atom is 0.259 e. The van der Waals surface area contributed by atoms with Crippen LogP contribution in [0.3, 0.4) is 0 Å². The number of halogens is 2. The van der Waals surface area contributed by atoms with Crippen molar-refractivity contribution in [2.75, 3.05) is 0 Å². The van der Waals surface area contributed by atoms with E-state index < -0.39 is 12.5 Å². The summed E-state index contributed by atoms with van der Waals surface area (Å²) in [6, 6.07) is -1.29. The predicted octanol–water partition coefficient (Wildman–Crippen LogP) is 0.803. The number of hydrogen-bond acceptors (Lipinski definition) is 4. The molecule has 0 aliphatic heterocycles. The first-order valence-electron chi connectivity index (χ1n) is 2.52. The van der Waals surface area contributed by atoms with Crippen LogP contribution in [-0.2, 0) is 0 Å². The Bertz CT molecular complexity index is 188. The molecule has 0 saturated heterocycles. The fraction of sp³-hybridized carbons (Fsp3) is 0.500. The van der Waals surface area contributed by atoms with Gasteiger partial charge in [-0.2, -0.15) is 0 Å². The molecule has 1 rings (SSSR count). The molecule has 1 aromatic heterocycles. The molecule has 56 valence electrons. The molecule has 0 aliphatic carbocycles. The number of nitrogens with zero attached hydrogens (tertiary/aromatic N) is 2. The van der Waals surface area contributed by atoms with Crippen molar-refractivity contribution in [1.82, 2.24) is 9.59 Å². The Balaban J connectivity index is 2.68. The van der Waals surface area contributed by atoms with Gasteiger partial charge in [0.2, 0.25) is 0 Å². The lowest BCUT2D eigenvalue weighted by Gasteiger charge is -2.03. The van der Waals surface area contributed by atoms with Gasteiger partial charge in [-0.1, -0.05) is 4.49 Å². The van der Waals surface area contributed by atoms with E-state index in [4.69, 9.17) is 5.73 Å². The third kappa shape index (κ3) is 1.45. The van der Waals surface area contributed by atoms with Gasteiger partial charge >= 0.3 is 0 Å². The smallest absolute Gasteiger partial charge is 0.259 e. The molecule has 6 heteroatoms. The molecule has 0 aromatic carbocycles. The number of aromatic nitrogens is 2. The molecule has 3 nitrogen and oxygen atoms in total. The second-order valence-corrected chi connectivity index (χ2v) is 2.30. The summed E-state index contributed by atoms with van der Waals surface area (Å²) in [7, 11) is 0. The lowest BCUT2D eigenvalue weighted by molar-refractivity contribution is 0.114. The predicted molar refractivity (Wildman–Crippen MR) is 32.8 cm³/mol. The summed E-state index contributed by atoms with van der Waals surface area (Å²) >= 11 is 1.01. The van der Waals surface area contributed by atoms with Gasteiger partial charge in [-0.3, -0.25) is 0 Å². The zero-order valence-corrected chi connectivity index (χ0v) is 5.68. The summed E-state index contributed by atoms with van der Waals surface area (Å²) < 4.78 is 27.0. The SMILES string of the molecule is NC(c1csnn1)C(F)F. The van der Waals surface area contributed by atoms with Crippen molar-refractivity contribution in [2.24, 2.45) is 5.73 Å². The van der Waals surface area contributed by atoms with Crippen LogP contribution in [0.4, 0.5) is 8.78 Å². The Kier molecular flexibility index (Phi) is 2.23. The minimum absolute atomic E-state index is 0.153. The lowest BCUT2D eigenvalue weighted by Crippen LogP contribution is -2.19. The third-order valence-electron chi connectivity index (χ3n) is 0.990. The van der Waals surface area contributed by atoms with Gasteiger partial charge in [-0.15, -0.1) is 5.10 Å². The van der Waals surface area contributed by atoms with Gasteiger partial charge in [0.1, 0.15) is 6.04 Å². The van der Waals surface area contributed by atoms with Gasteiger partial charge in [0, 0.05) is 5.38 Å². The Morgan fingerprint density at radius 2 is 2.30 bits per heavy atom. The van der Waals surface area contributed by atoms with Crippen molar-refractivity contribution in [3.8, 4) is 0 Å². The molecular formula is C4H5F2N3S. The maximum absolute atomic E-state index is 11.8. The summed E-state index contributed by atoms with van der Waals surface area (Å²) in [5.41, 5.74) is 5.19. The Morgan fingerprint density at radius 1 is 1.60 bits per heavy atom. The van der Waals surface area contributed by atoms with Crippen LogP contribution in [0.25, 0.3) is 0 Å². The van der Waals surface area contributed by atoms with E-state index in [2.05, 4.69) is 9.59 Å². The first kappa shape index (κ1) is 7.49. The average molecular weight is 165 g/mol. The molecule has 0 radical (unpaired) electrons. The van der Waals surface area contributed by atoms with Gasteiger partial charge in [-0.25, -0.2) is 8.78 Å². The van der Waals surface area contributed by atoms with Crippen molar-refractivity contribution in [3.05, 3.63) is 11.1 Å². The van der Waals surface area contributed by atoms with E-state index in [-0.39, 0.29) is 5.69 Å². The fourth-order valence-corrected chi connectivity index (χ4v) is 0.947. The molecule has 0 spiro atoms. The van der Waals surface area contributed by atoms with Crippen molar-refractivity contribution in [1.29, 1.82) is 0 Å². The molecule has 0 saturated carbocycles. The van der Waals surface area contributed by atoms with E-state index >= 15 is 0 Å². The van der Waals surface area contributed by atoms with Gasteiger partial charge in [0.25, 0.3) is 6.43 Å². The Hall–Kier alpha value is -0.620. The average Bonchev–Trinajstić information content (AvgIpc) is 2.36. The van der Waals surface area contributed by atoms with Crippen LogP contribution < -0.4 is 5.73 Å². The molecule has 10 heavy (non-hydrogen) atoms. The van der Waals surface area contributed by atoms with Crippen molar-refractivity contribution in [3.63, 3.8) is 0 Å². The molecule has 0 aliphatic rings. The van der Waals surface area contributed by atoms with Crippen molar-refractivity contribution < 1.29 is 8.78 Å². The lowest BCUT2D eigenvalue weighted by atomic mass is 10.3. The molecule has 1 aromatic rings. The van der Waals surface area contributed by atoms with E-state index in [1.54, 1.807) is 0 Å². The minimum atomic E-state index is -2.57. The molecule has 0 amide bonds. The van der Waals surface area contributed by atoms with Crippen LogP contribution >= 0.6 is 11.5 Å². The maximum atomic E-state index is 11.8. The zero-order chi connectivity index (χ0) is 7.56. The van der Waals surface area contributed by atoms with Gasteiger partial charge in [0.15, 0.2) is 0 Å². The molecule has 1 atom stereocenters. The monoisotopic (exact) mass is 165 g/mol. The standard InChI is InChI=1S/C4H5F2N3S/c5-4(6)3(7)2-1-10-9-8-2/h1,3-4H,7H2. The van der Waals surface area contributed by atoms with Gasteiger partial charge in [0.05, 0.1) is 5.69 Å². The van der Waals surface area contributed by atoms with E-state index in [1.165, 1.54) is 5.38 Å². The Labute approximate surface area is 60.0 Å². The second kappa shape index (κ2) is 2.98. The molecule has 2 N–H and O–H groups in total. The highest BCUT2D eigenvalue weighted by Crippen LogP contribution is 2.15. The van der Waals surface area contributed by atoms with E-state index in [0.29, 0.717) is 0 Å². The zero-order valence-electron chi connectivity index (χ0n) is 4.87. The first-order chi connectivity index (χ1) is 4.72. The molecule has 1 unspecified atom stereocenters. The molecule has 0 bridgehead atoms. The molecular weight excluding hydrogens is 160 g/mol. The quantitative estimate of drug-likeness (QED) is 0.705.